The van der Waals surface area contributed by atoms with E-state index in [0.717, 1.165) is 11.1 Å². The van der Waals surface area contributed by atoms with Gasteiger partial charge >= 0.3 is 5.97 Å². The lowest BCUT2D eigenvalue weighted by molar-refractivity contribution is -0.157. The van der Waals surface area contributed by atoms with Crippen LogP contribution in [0.25, 0.3) is 0 Å². The molecule has 1 aliphatic rings. The third kappa shape index (κ3) is 1.97. The minimum Gasteiger partial charge on any atom is -0.478 e. The van der Waals surface area contributed by atoms with Gasteiger partial charge in [-0.25, -0.2) is 9.80 Å². The summed E-state index contributed by atoms with van der Waals surface area (Å²) in [4.78, 5) is 11.3. The normalized spacial score (nSPS) is 23.1. The Morgan fingerprint density at radius 2 is 1.83 bits per heavy atom. The summed E-state index contributed by atoms with van der Waals surface area (Å²) in [5.74, 6) is -1.29. The number of nitrogens with zero attached hydrogens (tertiary/aromatic N) is 2. The summed E-state index contributed by atoms with van der Waals surface area (Å²) in [5.41, 5.74) is 1.20. The number of aliphatic hydroxyl groups is 1. The van der Waals surface area contributed by atoms with E-state index in [4.69, 9.17) is 0 Å². The second-order valence-corrected chi connectivity index (χ2v) is 4.79. The van der Waals surface area contributed by atoms with E-state index in [-0.39, 0.29) is 6.42 Å². The molecule has 0 spiro atoms. The van der Waals surface area contributed by atoms with Gasteiger partial charge in [-0.1, -0.05) is 6.07 Å². The van der Waals surface area contributed by atoms with E-state index in [0.29, 0.717) is 11.4 Å². The summed E-state index contributed by atoms with van der Waals surface area (Å²) < 4.78 is 0. The second-order valence-electron chi connectivity index (χ2n) is 4.79. The first-order valence-corrected chi connectivity index (χ1v) is 5.71. The molecule has 0 saturated carbocycles. The predicted octanol–water partition coefficient (Wildman–Crippen LogP) is 1.66. The van der Waals surface area contributed by atoms with E-state index in [1.54, 1.807) is 6.92 Å². The van der Waals surface area contributed by atoms with Crippen molar-refractivity contribution >= 4 is 17.4 Å². The van der Waals surface area contributed by atoms with Gasteiger partial charge in [0, 0.05) is 12.1 Å². The Bertz CT molecular complexity index is 519. The van der Waals surface area contributed by atoms with Crippen LogP contribution < -0.4 is 5.01 Å². The fourth-order valence-corrected chi connectivity index (χ4v) is 2.23. The average molecular weight is 248 g/mol. The number of hydrogen-bond acceptors (Lipinski definition) is 4. The van der Waals surface area contributed by atoms with Crippen LogP contribution in [0.2, 0.25) is 0 Å². The Balaban J connectivity index is 2.50. The summed E-state index contributed by atoms with van der Waals surface area (Å²) >= 11 is 0. The van der Waals surface area contributed by atoms with Crippen LogP contribution in [0.1, 0.15) is 24.5 Å². The molecule has 0 saturated heterocycles. The van der Waals surface area contributed by atoms with E-state index in [1.807, 2.05) is 32.0 Å². The second kappa shape index (κ2) is 4.10. The number of aryl methyl sites for hydroxylation is 2. The minimum absolute atomic E-state index is 0.00925. The Morgan fingerprint density at radius 1 is 1.28 bits per heavy atom. The molecule has 0 radical (unpaired) electrons. The summed E-state index contributed by atoms with van der Waals surface area (Å²) in [5, 5.41) is 24.8. The van der Waals surface area contributed by atoms with Crippen molar-refractivity contribution in [1.29, 1.82) is 0 Å². The third-order valence-electron chi connectivity index (χ3n) is 2.92. The van der Waals surface area contributed by atoms with Crippen molar-refractivity contribution in [1.82, 2.24) is 0 Å². The number of benzene rings is 1. The maximum atomic E-state index is 11.3. The van der Waals surface area contributed by atoms with E-state index in [9.17, 15) is 15.0 Å². The molecule has 2 N–H and O–H groups in total. The number of rotatable bonds is 2. The van der Waals surface area contributed by atoms with Crippen LogP contribution in [0.3, 0.4) is 0 Å². The quantitative estimate of drug-likeness (QED) is 0.834. The van der Waals surface area contributed by atoms with Crippen molar-refractivity contribution < 1.29 is 15.0 Å². The zero-order valence-corrected chi connectivity index (χ0v) is 10.6. The summed E-state index contributed by atoms with van der Waals surface area (Å²) in [7, 11) is 0. The van der Waals surface area contributed by atoms with Crippen molar-refractivity contribution in [2.75, 3.05) is 5.01 Å². The highest BCUT2D eigenvalue weighted by Gasteiger charge is 2.47. The van der Waals surface area contributed by atoms with E-state index in [1.165, 1.54) is 5.01 Å². The zero-order valence-electron chi connectivity index (χ0n) is 10.6. The number of anilines is 1. The number of carbonyl (C=O) groups is 1. The number of aliphatic carboxylic acids is 1. The molecule has 1 aromatic carbocycles. The minimum atomic E-state index is -1.98. The number of carboxylic acids is 1. The smallest absolute Gasteiger partial charge is 0.359 e. The van der Waals surface area contributed by atoms with Crippen LogP contribution in [-0.4, -0.2) is 27.6 Å². The molecule has 1 atom stereocenters. The summed E-state index contributed by atoms with van der Waals surface area (Å²) in [6.07, 6.45) is 0.00925. The first-order valence-electron chi connectivity index (χ1n) is 5.71. The molecule has 1 aromatic rings. The number of carboxylic acid groups (broad SMARTS) is 1. The van der Waals surface area contributed by atoms with Gasteiger partial charge in [0.15, 0.2) is 0 Å². The molecule has 18 heavy (non-hydrogen) atoms. The lowest BCUT2D eigenvalue weighted by Crippen LogP contribution is -2.50. The average Bonchev–Trinajstić information content (AvgIpc) is 2.54. The van der Waals surface area contributed by atoms with Gasteiger partial charge in [0.25, 0.3) is 5.72 Å². The molecule has 1 unspecified atom stereocenters. The first-order chi connectivity index (χ1) is 8.33. The zero-order chi connectivity index (χ0) is 13.5. The molecule has 1 aliphatic heterocycles. The van der Waals surface area contributed by atoms with Crippen LogP contribution in [0.5, 0.6) is 0 Å². The molecule has 0 aromatic heterocycles. The number of hydrogen-bond donors (Lipinski definition) is 2. The van der Waals surface area contributed by atoms with Gasteiger partial charge in [0.2, 0.25) is 0 Å². The fourth-order valence-electron chi connectivity index (χ4n) is 2.23. The first kappa shape index (κ1) is 12.6. The van der Waals surface area contributed by atoms with Gasteiger partial charge < -0.3 is 10.2 Å². The molecule has 0 aliphatic carbocycles. The van der Waals surface area contributed by atoms with Crippen molar-refractivity contribution in [3.63, 3.8) is 0 Å². The van der Waals surface area contributed by atoms with Crippen LogP contribution in [0.4, 0.5) is 5.69 Å². The van der Waals surface area contributed by atoms with Crippen molar-refractivity contribution in [3.8, 4) is 0 Å². The van der Waals surface area contributed by atoms with E-state index < -0.39 is 11.7 Å². The topological polar surface area (TPSA) is 73.1 Å². The molecule has 0 amide bonds. The van der Waals surface area contributed by atoms with Crippen molar-refractivity contribution in [2.45, 2.75) is 32.9 Å². The Kier molecular flexibility index (Phi) is 2.86. The summed E-state index contributed by atoms with van der Waals surface area (Å²) in [6.45, 7) is 5.54. The SMILES string of the molecule is CC1=NN(c2cc(C)cc(C)c2)C(O)(C(=O)O)C1. The van der Waals surface area contributed by atoms with Gasteiger partial charge in [-0.3, -0.25) is 0 Å². The molecule has 5 nitrogen and oxygen atoms in total. The Hall–Kier alpha value is -1.88. The summed E-state index contributed by atoms with van der Waals surface area (Å²) in [6, 6.07) is 5.60. The van der Waals surface area contributed by atoms with Crippen LogP contribution >= 0.6 is 0 Å². The standard InChI is InChI=1S/C13H16N2O3/c1-8-4-9(2)6-11(5-8)15-13(18,12(16)17)7-10(3)14-15/h4-6,18H,7H2,1-3H3,(H,16,17). The van der Waals surface area contributed by atoms with E-state index >= 15 is 0 Å². The highest BCUT2D eigenvalue weighted by molar-refractivity contribution is 5.96. The third-order valence-corrected chi connectivity index (χ3v) is 2.92. The van der Waals surface area contributed by atoms with E-state index in [2.05, 4.69) is 5.10 Å². The maximum Gasteiger partial charge on any atom is 0.359 e. The highest BCUT2D eigenvalue weighted by Crippen LogP contribution is 2.32. The molecule has 96 valence electrons. The highest BCUT2D eigenvalue weighted by atomic mass is 16.4. The lowest BCUT2D eigenvalue weighted by Gasteiger charge is -2.28. The van der Waals surface area contributed by atoms with Gasteiger partial charge in [0.1, 0.15) is 0 Å². The molecule has 0 bridgehead atoms. The largest absolute Gasteiger partial charge is 0.478 e. The molecule has 0 fully saturated rings. The van der Waals surface area contributed by atoms with Gasteiger partial charge in [-0.15, -0.1) is 0 Å². The molecular formula is C13H16N2O3. The van der Waals surface area contributed by atoms with Gasteiger partial charge in [0.05, 0.1) is 5.69 Å². The fraction of sp³-hybridized carbons (Fsp3) is 0.385. The van der Waals surface area contributed by atoms with Crippen LogP contribution in [0.15, 0.2) is 23.3 Å². The Morgan fingerprint density at radius 3 is 2.33 bits per heavy atom. The Labute approximate surface area is 105 Å². The number of hydrazone groups is 1. The predicted molar refractivity (Wildman–Crippen MR) is 68.7 cm³/mol. The lowest BCUT2D eigenvalue weighted by atomic mass is 10.1. The molecule has 2 rings (SSSR count). The van der Waals surface area contributed by atoms with Gasteiger partial charge in [-0.05, 0) is 44.0 Å². The van der Waals surface area contributed by atoms with Crippen molar-refractivity contribution in [3.05, 3.63) is 29.3 Å². The molecule has 5 heteroatoms. The maximum absolute atomic E-state index is 11.3. The van der Waals surface area contributed by atoms with Crippen LogP contribution in [-0.2, 0) is 4.79 Å². The molecule has 1 heterocycles. The van der Waals surface area contributed by atoms with Gasteiger partial charge in [-0.2, -0.15) is 5.10 Å². The monoisotopic (exact) mass is 248 g/mol. The van der Waals surface area contributed by atoms with Crippen molar-refractivity contribution in [2.24, 2.45) is 5.10 Å². The van der Waals surface area contributed by atoms with Crippen LogP contribution in [0, 0.1) is 13.8 Å². The molecular weight excluding hydrogens is 232 g/mol.